The van der Waals surface area contributed by atoms with Crippen molar-refractivity contribution in [1.29, 1.82) is 0 Å². The first-order valence-corrected chi connectivity index (χ1v) is 7.73. The van der Waals surface area contributed by atoms with Crippen molar-refractivity contribution in [2.75, 3.05) is 5.75 Å². The molecule has 18 heavy (non-hydrogen) atoms. The minimum atomic E-state index is 0.245. The molecule has 0 spiro atoms. The van der Waals surface area contributed by atoms with Gasteiger partial charge in [-0.1, -0.05) is 43.0 Å². The molecule has 1 saturated heterocycles. The van der Waals surface area contributed by atoms with Gasteiger partial charge in [-0.3, -0.25) is 4.99 Å². The molecule has 3 heteroatoms. The first-order valence-electron chi connectivity index (χ1n) is 6.74. The average molecular weight is 260 g/mol. The van der Waals surface area contributed by atoms with Crippen LogP contribution in [0.25, 0.3) is 0 Å². The Kier molecular flexibility index (Phi) is 3.10. The number of rotatable bonds is 2. The Balaban J connectivity index is 1.70. The normalized spacial score (nSPS) is 29.6. The number of nitrogens with one attached hydrogen (secondary N) is 1. The number of hydrogen-bond donors (Lipinski definition) is 1. The summed E-state index contributed by atoms with van der Waals surface area (Å²) in [6.07, 6.45) is 3.36. The van der Waals surface area contributed by atoms with Gasteiger partial charge in [0.2, 0.25) is 0 Å². The second-order valence-electron chi connectivity index (χ2n) is 5.59. The minimum absolute atomic E-state index is 0.245. The van der Waals surface area contributed by atoms with E-state index >= 15 is 0 Å². The van der Waals surface area contributed by atoms with Gasteiger partial charge in [-0.2, -0.15) is 0 Å². The summed E-state index contributed by atoms with van der Waals surface area (Å²) < 4.78 is 0. The average Bonchev–Trinajstić information content (AvgIpc) is 2.93. The first kappa shape index (κ1) is 12.1. The molecule has 0 radical (unpaired) electrons. The van der Waals surface area contributed by atoms with Crippen molar-refractivity contribution in [1.82, 2.24) is 5.32 Å². The van der Waals surface area contributed by atoms with E-state index in [1.807, 2.05) is 11.8 Å². The Morgan fingerprint density at radius 1 is 1.33 bits per heavy atom. The number of aliphatic imine (C=N–C) groups is 1. The number of fused-ring (bicyclic) bond motifs is 1. The van der Waals surface area contributed by atoms with Gasteiger partial charge < -0.3 is 5.32 Å². The summed E-state index contributed by atoms with van der Waals surface area (Å²) in [5.74, 6) is 1.14. The summed E-state index contributed by atoms with van der Waals surface area (Å²) in [7, 11) is 0. The highest BCUT2D eigenvalue weighted by Gasteiger charge is 2.31. The van der Waals surface area contributed by atoms with E-state index in [2.05, 4.69) is 43.4 Å². The van der Waals surface area contributed by atoms with E-state index in [-0.39, 0.29) is 5.54 Å². The summed E-state index contributed by atoms with van der Waals surface area (Å²) in [5.41, 5.74) is 3.20. The van der Waals surface area contributed by atoms with Crippen molar-refractivity contribution in [3.8, 4) is 0 Å². The first-order chi connectivity index (χ1) is 8.68. The molecular weight excluding hydrogens is 240 g/mol. The van der Waals surface area contributed by atoms with Gasteiger partial charge >= 0.3 is 0 Å². The molecule has 1 aliphatic carbocycles. The molecule has 0 amide bonds. The van der Waals surface area contributed by atoms with Crippen molar-refractivity contribution >= 4 is 16.9 Å². The summed E-state index contributed by atoms with van der Waals surface area (Å²) in [4.78, 5) is 4.90. The second-order valence-corrected chi connectivity index (χ2v) is 6.56. The molecule has 1 fully saturated rings. The summed E-state index contributed by atoms with van der Waals surface area (Å²) in [6.45, 7) is 4.52. The zero-order valence-corrected chi connectivity index (χ0v) is 11.9. The van der Waals surface area contributed by atoms with E-state index in [0.29, 0.717) is 6.04 Å². The van der Waals surface area contributed by atoms with Crippen LogP contribution < -0.4 is 5.32 Å². The topological polar surface area (TPSA) is 24.4 Å². The SMILES string of the molecule is CCC1(C)CSC(=NC2Cc3ccccc3C2)N1. The predicted molar refractivity (Wildman–Crippen MR) is 79.4 cm³/mol. The second kappa shape index (κ2) is 4.61. The molecule has 1 heterocycles. The molecule has 1 N–H and O–H groups in total. The molecule has 2 nitrogen and oxygen atoms in total. The maximum Gasteiger partial charge on any atom is 0.157 e. The lowest BCUT2D eigenvalue weighted by atomic mass is 10.0. The van der Waals surface area contributed by atoms with Gasteiger partial charge in [0.15, 0.2) is 5.17 Å². The zero-order valence-electron chi connectivity index (χ0n) is 11.1. The molecule has 1 atom stereocenters. The van der Waals surface area contributed by atoms with Crippen LogP contribution in [0.4, 0.5) is 0 Å². The van der Waals surface area contributed by atoms with Crippen molar-refractivity contribution in [2.24, 2.45) is 4.99 Å². The summed E-state index contributed by atoms with van der Waals surface area (Å²) in [5, 5.41) is 4.73. The number of amidine groups is 1. The molecule has 0 aromatic heterocycles. The fraction of sp³-hybridized carbons (Fsp3) is 0.533. The van der Waals surface area contributed by atoms with Crippen molar-refractivity contribution in [3.05, 3.63) is 35.4 Å². The van der Waals surface area contributed by atoms with Gasteiger partial charge in [0.1, 0.15) is 0 Å². The number of nitrogens with zero attached hydrogens (tertiary/aromatic N) is 1. The molecule has 1 aliphatic heterocycles. The fourth-order valence-corrected chi connectivity index (χ4v) is 3.88. The van der Waals surface area contributed by atoms with Crippen LogP contribution in [0.2, 0.25) is 0 Å². The van der Waals surface area contributed by atoms with Crippen LogP contribution in [0.15, 0.2) is 29.3 Å². The van der Waals surface area contributed by atoms with Crippen LogP contribution in [-0.2, 0) is 12.8 Å². The fourth-order valence-electron chi connectivity index (χ4n) is 2.61. The zero-order chi connectivity index (χ0) is 12.6. The van der Waals surface area contributed by atoms with E-state index in [0.717, 1.165) is 30.2 Å². The Hall–Kier alpha value is -0.960. The lowest BCUT2D eigenvalue weighted by molar-refractivity contribution is 0.465. The quantitative estimate of drug-likeness (QED) is 0.884. The van der Waals surface area contributed by atoms with Gasteiger partial charge in [0.25, 0.3) is 0 Å². The number of benzene rings is 1. The minimum Gasteiger partial charge on any atom is -0.359 e. The van der Waals surface area contributed by atoms with Crippen LogP contribution in [0.1, 0.15) is 31.4 Å². The molecule has 1 unspecified atom stereocenters. The van der Waals surface area contributed by atoms with E-state index in [9.17, 15) is 0 Å². The van der Waals surface area contributed by atoms with E-state index in [1.54, 1.807) is 0 Å². The van der Waals surface area contributed by atoms with Crippen LogP contribution >= 0.6 is 11.8 Å². The smallest absolute Gasteiger partial charge is 0.157 e. The standard InChI is InChI=1S/C15H20N2S/c1-3-15(2)10-18-14(17-15)16-13-8-11-6-4-5-7-12(11)9-13/h4-7,13H,3,8-10H2,1-2H3,(H,16,17). The molecule has 0 bridgehead atoms. The third-order valence-corrected chi connectivity index (χ3v) is 5.31. The van der Waals surface area contributed by atoms with Gasteiger partial charge in [0, 0.05) is 11.3 Å². The third kappa shape index (κ3) is 2.28. The molecule has 2 aliphatic rings. The van der Waals surface area contributed by atoms with Crippen molar-refractivity contribution < 1.29 is 0 Å². The van der Waals surface area contributed by atoms with Crippen molar-refractivity contribution in [3.63, 3.8) is 0 Å². The monoisotopic (exact) mass is 260 g/mol. The van der Waals surface area contributed by atoms with E-state index in [4.69, 9.17) is 4.99 Å². The maximum atomic E-state index is 4.90. The summed E-state index contributed by atoms with van der Waals surface area (Å²) in [6, 6.07) is 9.18. The largest absolute Gasteiger partial charge is 0.359 e. The molecule has 1 aromatic rings. The van der Waals surface area contributed by atoms with Gasteiger partial charge in [-0.15, -0.1) is 0 Å². The van der Waals surface area contributed by atoms with Gasteiger partial charge in [-0.25, -0.2) is 0 Å². The highest BCUT2D eigenvalue weighted by Crippen LogP contribution is 2.28. The van der Waals surface area contributed by atoms with E-state index in [1.165, 1.54) is 11.1 Å². The molecule has 96 valence electrons. The molecule has 3 rings (SSSR count). The number of thioether (sulfide) groups is 1. The Labute approximate surface area is 113 Å². The van der Waals surface area contributed by atoms with Crippen LogP contribution in [0.5, 0.6) is 0 Å². The van der Waals surface area contributed by atoms with Gasteiger partial charge in [0.05, 0.1) is 6.04 Å². The molecular formula is C15H20N2S. The van der Waals surface area contributed by atoms with Gasteiger partial charge in [-0.05, 0) is 37.3 Å². The van der Waals surface area contributed by atoms with Crippen molar-refractivity contribution in [2.45, 2.75) is 44.7 Å². The maximum absolute atomic E-state index is 4.90. The molecule has 1 aromatic carbocycles. The lowest BCUT2D eigenvalue weighted by Gasteiger charge is -2.21. The van der Waals surface area contributed by atoms with Crippen LogP contribution in [0, 0.1) is 0 Å². The third-order valence-electron chi connectivity index (χ3n) is 4.05. The Morgan fingerprint density at radius 2 is 2.00 bits per heavy atom. The molecule has 0 saturated carbocycles. The van der Waals surface area contributed by atoms with E-state index < -0.39 is 0 Å². The lowest BCUT2D eigenvalue weighted by Crippen LogP contribution is -2.40. The Bertz CT molecular complexity index is 458. The highest BCUT2D eigenvalue weighted by molar-refractivity contribution is 8.14. The highest BCUT2D eigenvalue weighted by atomic mass is 32.2. The Morgan fingerprint density at radius 3 is 2.56 bits per heavy atom. The number of hydrogen-bond acceptors (Lipinski definition) is 2. The predicted octanol–water partition coefficient (Wildman–Crippen LogP) is 3.01. The summed E-state index contributed by atoms with van der Waals surface area (Å²) >= 11 is 1.88. The van der Waals surface area contributed by atoms with Crippen LogP contribution in [0.3, 0.4) is 0 Å². The van der Waals surface area contributed by atoms with Crippen LogP contribution in [-0.4, -0.2) is 22.5 Å².